The number of sulfonamides is 1. The largest absolute Gasteiger partial charge is 0.452 e. The topological polar surface area (TPSA) is 83.7 Å². The molecule has 1 aromatic heterocycles. The Morgan fingerprint density at radius 3 is 2.61 bits per heavy atom. The van der Waals surface area contributed by atoms with Crippen LogP contribution in [0.4, 0.5) is 8.78 Å². The first-order chi connectivity index (χ1) is 15.9. The van der Waals surface area contributed by atoms with Gasteiger partial charge < -0.3 is 9.73 Å². The van der Waals surface area contributed by atoms with E-state index in [-0.39, 0.29) is 17.1 Å². The molecular formula is C24H29F2N3O3S. The van der Waals surface area contributed by atoms with Gasteiger partial charge in [-0.25, -0.2) is 21.9 Å². The summed E-state index contributed by atoms with van der Waals surface area (Å²) in [7, 11) is -3.58. The Hall–Kier alpha value is -2.26. The van der Waals surface area contributed by atoms with Gasteiger partial charge in [0.05, 0.1) is 12.1 Å². The molecule has 1 saturated heterocycles. The summed E-state index contributed by atoms with van der Waals surface area (Å²) in [5, 5.41) is 3.47. The zero-order valence-corrected chi connectivity index (χ0v) is 19.2. The van der Waals surface area contributed by atoms with Crippen LogP contribution in [0.2, 0.25) is 0 Å². The normalized spacial score (nSPS) is 28.4. The fraction of sp³-hybridized carbons (Fsp3) is 0.542. The summed E-state index contributed by atoms with van der Waals surface area (Å²) < 4.78 is 59.5. The molecule has 0 spiro atoms. The lowest BCUT2D eigenvalue weighted by Crippen LogP contribution is -2.32. The van der Waals surface area contributed by atoms with Crippen molar-refractivity contribution in [1.29, 1.82) is 0 Å². The van der Waals surface area contributed by atoms with Gasteiger partial charge in [0.15, 0.2) is 11.6 Å². The zero-order chi connectivity index (χ0) is 23.0. The minimum atomic E-state index is -3.58. The van der Waals surface area contributed by atoms with Crippen molar-refractivity contribution in [3.8, 4) is 0 Å². The number of amidine groups is 1. The van der Waals surface area contributed by atoms with Crippen LogP contribution in [-0.4, -0.2) is 33.4 Å². The standard InChI is InChI=1S/C24H29F2N3O3S/c25-20-10-17-7-8-22-19(18(17)11-21(20)26)12-23(29-22)27-13-15-3-5-16(6-4-15)14-28-33(30,31)24-2-1-9-32-24/h1-2,9-11,15-16,19,22,28H,3-8,12-14H2,(H,27,29). The molecule has 33 heavy (non-hydrogen) atoms. The quantitative estimate of drug-likeness (QED) is 0.655. The highest BCUT2D eigenvalue weighted by Crippen LogP contribution is 2.39. The van der Waals surface area contributed by atoms with Crippen LogP contribution in [0.3, 0.4) is 0 Å². The summed E-state index contributed by atoms with van der Waals surface area (Å²) in [5.74, 6) is 0.382. The molecule has 9 heteroatoms. The maximum absolute atomic E-state index is 13.8. The van der Waals surface area contributed by atoms with Crippen LogP contribution >= 0.6 is 0 Å². The highest BCUT2D eigenvalue weighted by atomic mass is 32.2. The Morgan fingerprint density at radius 2 is 1.85 bits per heavy atom. The summed E-state index contributed by atoms with van der Waals surface area (Å²) in [5.41, 5.74) is 1.83. The summed E-state index contributed by atoms with van der Waals surface area (Å²) in [6.45, 7) is 1.17. The molecule has 2 unspecified atom stereocenters. The van der Waals surface area contributed by atoms with Gasteiger partial charge in [-0.1, -0.05) is 0 Å². The van der Waals surface area contributed by atoms with Crippen molar-refractivity contribution in [2.75, 3.05) is 13.1 Å². The van der Waals surface area contributed by atoms with Crippen LogP contribution in [0.5, 0.6) is 0 Å². The Labute approximate surface area is 192 Å². The molecule has 6 nitrogen and oxygen atoms in total. The van der Waals surface area contributed by atoms with Crippen LogP contribution in [-0.2, 0) is 16.4 Å². The maximum atomic E-state index is 13.8. The third-order valence-electron chi connectivity index (χ3n) is 7.39. The Morgan fingerprint density at radius 1 is 1.09 bits per heavy atom. The maximum Gasteiger partial charge on any atom is 0.273 e. The number of nitrogens with one attached hydrogen (secondary N) is 2. The van der Waals surface area contributed by atoms with Gasteiger partial charge in [-0.2, -0.15) is 0 Å². The lowest BCUT2D eigenvalue weighted by Gasteiger charge is -2.27. The van der Waals surface area contributed by atoms with Crippen molar-refractivity contribution in [3.63, 3.8) is 0 Å². The smallest absolute Gasteiger partial charge is 0.273 e. The number of aryl methyl sites for hydroxylation is 1. The molecule has 2 N–H and O–H groups in total. The molecule has 2 atom stereocenters. The average Bonchev–Trinajstić information content (AvgIpc) is 3.49. The average molecular weight is 478 g/mol. The predicted octanol–water partition coefficient (Wildman–Crippen LogP) is 4.13. The van der Waals surface area contributed by atoms with E-state index in [2.05, 4.69) is 10.0 Å². The Balaban J connectivity index is 1.11. The van der Waals surface area contributed by atoms with Gasteiger partial charge in [0.25, 0.3) is 10.0 Å². The first-order valence-electron chi connectivity index (χ1n) is 11.7. The Bertz CT molecular complexity index is 1130. The van der Waals surface area contributed by atoms with E-state index in [4.69, 9.17) is 9.41 Å². The van der Waals surface area contributed by atoms with E-state index in [0.29, 0.717) is 18.4 Å². The summed E-state index contributed by atoms with van der Waals surface area (Å²) >= 11 is 0. The van der Waals surface area contributed by atoms with Crippen LogP contribution in [0, 0.1) is 23.5 Å². The van der Waals surface area contributed by atoms with Crippen molar-refractivity contribution < 1.29 is 21.6 Å². The molecule has 2 aromatic rings. The monoisotopic (exact) mass is 477 g/mol. The van der Waals surface area contributed by atoms with Crippen molar-refractivity contribution in [2.24, 2.45) is 16.8 Å². The number of benzene rings is 1. The fourth-order valence-electron chi connectivity index (χ4n) is 5.48. The second-order valence-electron chi connectivity index (χ2n) is 9.52. The van der Waals surface area contributed by atoms with Gasteiger partial charge >= 0.3 is 0 Å². The Kier molecular flexibility index (Phi) is 6.26. The first kappa shape index (κ1) is 22.5. The number of fused-ring (bicyclic) bond motifs is 3. The minimum Gasteiger partial charge on any atom is -0.452 e. The third-order valence-corrected chi connectivity index (χ3v) is 8.69. The van der Waals surface area contributed by atoms with Crippen LogP contribution in [0.25, 0.3) is 0 Å². The van der Waals surface area contributed by atoms with Crippen molar-refractivity contribution >= 4 is 15.9 Å². The molecule has 2 heterocycles. The van der Waals surface area contributed by atoms with E-state index in [0.717, 1.165) is 68.5 Å². The van der Waals surface area contributed by atoms with Crippen LogP contribution in [0.15, 0.2) is 45.0 Å². The van der Waals surface area contributed by atoms with Gasteiger partial charge in [-0.15, -0.1) is 0 Å². The third kappa shape index (κ3) is 4.84. The first-order valence-corrected chi connectivity index (χ1v) is 13.2. The minimum absolute atomic E-state index is 0.0489. The highest BCUT2D eigenvalue weighted by Gasteiger charge is 2.37. The molecule has 0 amide bonds. The van der Waals surface area contributed by atoms with E-state index in [1.807, 2.05) is 0 Å². The highest BCUT2D eigenvalue weighted by molar-refractivity contribution is 7.89. The molecule has 0 radical (unpaired) electrons. The van der Waals surface area contributed by atoms with Gasteiger partial charge in [0, 0.05) is 31.5 Å². The molecule has 3 aliphatic rings. The number of furan rings is 1. The number of hydrogen-bond donors (Lipinski definition) is 2. The van der Waals surface area contributed by atoms with E-state index < -0.39 is 21.7 Å². The van der Waals surface area contributed by atoms with Gasteiger partial charge in [0.2, 0.25) is 5.09 Å². The van der Waals surface area contributed by atoms with Crippen molar-refractivity contribution in [2.45, 2.75) is 62.0 Å². The fourth-order valence-corrected chi connectivity index (χ4v) is 6.52. The number of rotatable bonds is 6. The summed E-state index contributed by atoms with van der Waals surface area (Å²) in [6.07, 6.45) is 7.72. The van der Waals surface area contributed by atoms with Crippen molar-refractivity contribution in [1.82, 2.24) is 10.0 Å². The lowest BCUT2D eigenvalue weighted by molar-refractivity contribution is 0.280. The SMILES string of the molecule is O=S(=O)(NCC1CCC(CN=C2CC3c4cc(F)c(F)cc4CCC3N2)CC1)c1ccco1. The van der Waals surface area contributed by atoms with E-state index >= 15 is 0 Å². The number of aliphatic imine (C=N–C) groups is 1. The number of nitrogens with zero attached hydrogens (tertiary/aromatic N) is 1. The molecule has 5 rings (SSSR count). The molecule has 178 valence electrons. The number of halogens is 2. The van der Waals surface area contributed by atoms with E-state index in [9.17, 15) is 17.2 Å². The summed E-state index contributed by atoms with van der Waals surface area (Å²) in [6, 6.07) is 5.96. The second kappa shape index (κ2) is 9.18. The second-order valence-corrected chi connectivity index (χ2v) is 11.2. The molecule has 2 aliphatic carbocycles. The van der Waals surface area contributed by atoms with Crippen LogP contribution in [0.1, 0.15) is 55.6 Å². The van der Waals surface area contributed by atoms with Crippen LogP contribution < -0.4 is 10.0 Å². The van der Waals surface area contributed by atoms with E-state index in [1.165, 1.54) is 24.5 Å². The van der Waals surface area contributed by atoms with Gasteiger partial charge in [-0.3, -0.25) is 4.99 Å². The molecule has 1 saturated carbocycles. The van der Waals surface area contributed by atoms with Gasteiger partial charge in [-0.05, 0) is 85.8 Å². The lowest BCUT2D eigenvalue weighted by atomic mass is 9.79. The summed E-state index contributed by atoms with van der Waals surface area (Å²) in [4.78, 5) is 4.84. The molecule has 2 fully saturated rings. The number of hydrogen-bond acceptors (Lipinski definition) is 4. The molecule has 1 aromatic carbocycles. The predicted molar refractivity (Wildman–Crippen MR) is 121 cm³/mol. The van der Waals surface area contributed by atoms with Crippen molar-refractivity contribution in [3.05, 3.63) is 53.3 Å². The molecule has 0 bridgehead atoms. The zero-order valence-electron chi connectivity index (χ0n) is 18.4. The van der Waals surface area contributed by atoms with E-state index in [1.54, 1.807) is 6.07 Å². The van der Waals surface area contributed by atoms with Gasteiger partial charge in [0.1, 0.15) is 0 Å². The molecule has 1 aliphatic heterocycles. The molecular weight excluding hydrogens is 448 g/mol.